The topological polar surface area (TPSA) is 81.7 Å². The molecule has 1 aliphatic heterocycles. The fraction of sp³-hybridized carbons (Fsp3) is 0.458. The van der Waals surface area contributed by atoms with E-state index in [1.807, 2.05) is 19.9 Å². The number of allylic oxidation sites excluding steroid dienone is 3. The minimum Gasteiger partial charge on any atom is -0.468 e. The van der Waals surface area contributed by atoms with E-state index in [0.717, 1.165) is 11.4 Å². The van der Waals surface area contributed by atoms with Crippen LogP contribution >= 0.6 is 23.4 Å². The number of halogens is 1. The molecule has 3 rings (SSSR count). The molecule has 0 bridgehead atoms. The van der Waals surface area contributed by atoms with Crippen molar-refractivity contribution in [1.29, 1.82) is 0 Å². The lowest BCUT2D eigenvalue weighted by atomic mass is 9.69. The molecule has 1 heterocycles. The van der Waals surface area contributed by atoms with Gasteiger partial charge in [-0.2, -0.15) is 11.8 Å². The van der Waals surface area contributed by atoms with Crippen LogP contribution in [0.3, 0.4) is 0 Å². The number of rotatable bonds is 7. The average molecular weight is 478 g/mol. The van der Waals surface area contributed by atoms with Crippen LogP contribution in [0.4, 0.5) is 0 Å². The monoisotopic (exact) mass is 477 g/mol. The number of esters is 2. The summed E-state index contributed by atoms with van der Waals surface area (Å²) in [6, 6.07) is 7.09. The Morgan fingerprint density at radius 2 is 2.06 bits per heavy atom. The molecule has 0 saturated carbocycles. The van der Waals surface area contributed by atoms with E-state index in [2.05, 4.69) is 5.32 Å². The van der Waals surface area contributed by atoms with Crippen LogP contribution < -0.4 is 5.32 Å². The van der Waals surface area contributed by atoms with Crippen molar-refractivity contribution in [2.24, 2.45) is 11.8 Å². The molecule has 32 heavy (non-hydrogen) atoms. The largest absolute Gasteiger partial charge is 0.468 e. The van der Waals surface area contributed by atoms with Gasteiger partial charge in [0.25, 0.3) is 0 Å². The molecule has 1 aromatic carbocycles. The van der Waals surface area contributed by atoms with Crippen molar-refractivity contribution < 1.29 is 23.9 Å². The highest BCUT2D eigenvalue weighted by Gasteiger charge is 2.47. The summed E-state index contributed by atoms with van der Waals surface area (Å²) >= 11 is 7.94. The smallest absolute Gasteiger partial charge is 0.336 e. The van der Waals surface area contributed by atoms with Crippen LogP contribution in [0.5, 0.6) is 0 Å². The highest BCUT2D eigenvalue weighted by molar-refractivity contribution is 7.99. The zero-order valence-electron chi connectivity index (χ0n) is 18.7. The Morgan fingerprint density at radius 1 is 1.31 bits per heavy atom. The van der Waals surface area contributed by atoms with Crippen molar-refractivity contribution in [3.63, 3.8) is 0 Å². The van der Waals surface area contributed by atoms with Gasteiger partial charge in [0, 0.05) is 33.7 Å². The molecule has 0 saturated heterocycles. The molecule has 3 atom stereocenters. The number of thioether (sulfide) groups is 1. The first-order chi connectivity index (χ1) is 15.3. The minimum atomic E-state index is -0.918. The van der Waals surface area contributed by atoms with Gasteiger partial charge in [-0.05, 0) is 42.7 Å². The highest BCUT2D eigenvalue weighted by Crippen LogP contribution is 2.45. The van der Waals surface area contributed by atoms with E-state index >= 15 is 0 Å². The summed E-state index contributed by atoms with van der Waals surface area (Å²) in [5, 5.41) is 3.75. The van der Waals surface area contributed by atoms with E-state index in [4.69, 9.17) is 21.1 Å². The van der Waals surface area contributed by atoms with Crippen molar-refractivity contribution in [1.82, 2.24) is 5.32 Å². The van der Waals surface area contributed by atoms with Crippen LogP contribution in [0, 0.1) is 11.8 Å². The number of benzene rings is 1. The van der Waals surface area contributed by atoms with Gasteiger partial charge in [0.05, 0.1) is 12.7 Å². The van der Waals surface area contributed by atoms with E-state index in [0.29, 0.717) is 39.6 Å². The van der Waals surface area contributed by atoms with Gasteiger partial charge in [-0.1, -0.05) is 37.6 Å². The Hall–Kier alpha value is -2.25. The molecule has 0 amide bonds. The number of Topliss-reactive ketones (excluding diaryl/α,β-unsaturated/α-hetero) is 1. The van der Waals surface area contributed by atoms with Gasteiger partial charge in [-0.25, -0.2) is 4.79 Å². The Balaban J connectivity index is 2.07. The summed E-state index contributed by atoms with van der Waals surface area (Å²) in [4.78, 5) is 39.2. The van der Waals surface area contributed by atoms with Gasteiger partial charge in [-0.3, -0.25) is 9.59 Å². The second-order valence-corrected chi connectivity index (χ2v) is 9.75. The number of carbonyl (C=O) groups is 3. The van der Waals surface area contributed by atoms with Gasteiger partial charge < -0.3 is 14.8 Å². The van der Waals surface area contributed by atoms with Crippen LogP contribution in [0.2, 0.25) is 5.02 Å². The zero-order valence-corrected chi connectivity index (χ0v) is 20.3. The highest BCUT2D eigenvalue weighted by atomic mass is 35.5. The van der Waals surface area contributed by atoms with Crippen LogP contribution in [-0.2, 0) is 23.9 Å². The Morgan fingerprint density at radius 3 is 2.72 bits per heavy atom. The van der Waals surface area contributed by atoms with Gasteiger partial charge in [0.1, 0.15) is 12.5 Å². The maximum absolute atomic E-state index is 13.6. The fourth-order valence-corrected chi connectivity index (χ4v) is 5.07. The quantitative estimate of drug-likeness (QED) is 0.357. The van der Waals surface area contributed by atoms with Crippen LogP contribution in [0.1, 0.15) is 38.7 Å². The van der Waals surface area contributed by atoms with Gasteiger partial charge >= 0.3 is 11.9 Å². The summed E-state index contributed by atoms with van der Waals surface area (Å²) in [7, 11) is 1.28. The number of ketones is 1. The second kappa shape index (κ2) is 10.6. The van der Waals surface area contributed by atoms with Crippen molar-refractivity contribution in [3.8, 4) is 0 Å². The summed E-state index contributed by atoms with van der Waals surface area (Å²) in [6.07, 6.45) is 0.491. The average Bonchev–Trinajstić information content (AvgIpc) is 2.75. The SMILES string of the molecule is CCSCCOC(=O)C1=C(C)NC2=C(C(=O)[C@@H](C(=O)OC)[C@H](C)C2)[C@H]1c1cccc(Cl)c1. The summed E-state index contributed by atoms with van der Waals surface area (Å²) in [5.74, 6) is -1.57. The summed E-state index contributed by atoms with van der Waals surface area (Å²) in [6.45, 7) is 5.98. The number of ether oxygens (including phenoxy) is 2. The summed E-state index contributed by atoms with van der Waals surface area (Å²) in [5.41, 5.74) is 2.83. The molecule has 0 aromatic heterocycles. The molecular weight excluding hydrogens is 450 g/mol. The molecular formula is C24H28ClNO5S. The maximum atomic E-state index is 13.6. The van der Waals surface area contributed by atoms with E-state index in [9.17, 15) is 14.4 Å². The maximum Gasteiger partial charge on any atom is 0.336 e. The predicted molar refractivity (Wildman–Crippen MR) is 125 cm³/mol. The fourth-order valence-electron chi connectivity index (χ4n) is 4.39. The molecule has 1 N–H and O–H groups in total. The number of carbonyl (C=O) groups excluding carboxylic acids is 3. The van der Waals surface area contributed by atoms with Crippen LogP contribution in [-0.4, -0.2) is 42.9 Å². The predicted octanol–water partition coefficient (Wildman–Crippen LogP) is 4.25. The number of hydrogen-bond acceptors (Lipinski definition) is 7. The van der Waals surface area contributed by atoms with Crippen molar-refractivity contribution in [2.45, 2.75) is 33.1 Å². The molecule has 1 aliphatic carbocycles. The number of methoxy groups -OCH3 is 1. The normalized spacial score (nSPS) is 22.9. The Labute approximate surface area is 197 Å². The summed E-state index contributed by atoms with van der Waals surface area (Å²) < 4.78 is 10.5. The number of dihydropyridines is 1. The Kier molecular flexibility index (Phi) is 8.06. The van der Waals surface area contributed by atoms with E-state index < -0.39 is 23.8 Å². The molecule has 0 radical (unpaired) electrons. The first-order valence-corrected chi connectivity index (χ1v) is 12.2. The number of hydrogen-bond donors (Lipinski definition) is 1. The van der Waals surface area contributed by atoms with Crippen molar-refractivity contribution in [2.75, 3.05) is 25.2 Å². The first-order valence-electron chi connectivity index (χ1n) is 10.6. The zero-order chi connectivity index (χ0) is 23.4. The van der Waals surface area contributed by atoms with E-state index in [-0.39, 0.29) is 18.3 Å². The van der Waals surface area contributed by atoms with Gasteiger partial charge in [-0.15, -0.1) is 0 Å². The van der Waals surface area contributed by atoms with Crippen molar-refractivity contribution in [3.05, 3.63) is 57.4 Å². The minimum absolute atomic E-state index is 0.228. The number of nitrogens with one attached hydrogen (secondary N) is 1. The third-order valence-electron chi connectivity index (χ3n) is 5.81. The van der Waals surface area contributed by atoms with Crippen LogP contribution in [0.15, 0.2) is 46.8 Å². The molecule has 1 aromatic rings. The lowest BCUT2D eigenvalue weighted by Gasteiger charge is -2.38. The molecule has 172 valence electrons. The lowest BCUT2D eigenvalue weighted by Crippen LogP contribution is -2.43. The molecule has 2 aliphatic rings. The van der Waals surface area contributed by atoms with E-state index in [1.165, 1.54) is 7.11 Å². The standard InChI is InChI=1S/C24H28ClNO5S/c1-5-32-10-9-31-24(29)19-14(3)26-17-11-13(2)18(23(28)30-4)22(27)21(17)20(19)15-7-6-8-16(25)12-15/h6-8,12-13,18,20,26H,5,9-11H2,1-4H3/t13-,18+,20+/m1/s1. The van der Waals surface area contributed by atoms with Crippen molar-refractivity contribution >= 4 is 41.1 Å². The molecule has 6 nitrogen and oxygen atoms in total. The third kappa shape index (κ3) is 4.89. The molecule has 0 spiro atoms. The van der Waals surface area contributed by atoms with Gasteiger partial charge in [0.15, 0.2) is 5.78 Å². The Bertz CT molecular complexity index is 986. The van der Waals surface area contributed by atoms with Gasteiger partial charge in [0.2, 0.25) is 0 Å². The molecule has 8 heteroatoms. The molecule has 0 fully saturated rings. The second-order valence-electron chi connectivity index (χ2n) is 7.92. The lowest BCUT2D eigenvalue weighted by molar-refractivity contribution is -0.151. The van der Waals surface area contributed by atoms with E-state index in [1.54, 1.807) is 36.9 Å². The van der Waals surface area contributed by atoms with Crippen LogP contribution in [0.25, 0.3) is 0 Å². The molecule has 0 unspecified atom stereocenters. The first kappa shape index (κ1) is 24.4. The third-order valence-corrected chi connectivity index (χ3v) is 6.91.